The summed E-state index contributed by atoms with van der Waals surface area (Å²) in [5.74, 6) is 0. The van der Waals surface area contributed by atoms with Gasteiger partial charge in [0.2, 0.25) is 0 Å². The van der Waals surface area contributed by atoms with Gasteiger partial charge in [0.15, 0.2) is 0 Å². The van der Waals surface area contributed by atoms with Gasteiger partial charge in [-0.05, 0) is 19.4 Å². The van der Waals surface area contributed by atoms with Crippen molar-refractivity contribution >= 4 is 11.0 Å². The molecule has 106 valence electrons. The molecule has 0 aromatic carbocycles. The molecular weight excluding hydrogens is 250 g/mol. The minimum Gasteiger partial charge on any atom is -0.346 e. The summed E-state index contributed by atoms with van der Waals surface area (Å²) in [6.45, 7) is 4.42. The van der Waals surface area contributed by atoms with Crippen LogP contribution in [-0.2, 0) is 0 Å². The largest absolute Gasteiger partial charge is 0.346 e. The molecule has 20 heavy (non-hydrogen) atoms. The van der Waals surface area contributed by atoms with E-state index in [-0.39, 0.29) is 1.43 Å². The van der Waals surface area contributed by atoms with E-state index in [1.165, 1.54) is 12.8 Å². The van der Waals surface area contributed by atoms with Crippen LogP contribution >= 0.6 is 0 Å². The number of hydrogen-bond donors (Lipinski definition) is 1. The fourth-order valence-electron chi connectivity index (χ4n) is 2.44. The molecular formula is C15H21N5. The molecule has 0 fully saturated rings. The SMILES string of the molecule is CCCCC(C)n1cc(-c2ncnc3[nH]ccc23)cn1.[HH]. The average Bonchev–Trinajstić information content (AvgIpc) is 3.12. The maximum Gasteiger partial charge on any atom is 0.141 e. The average molecular weight is 271 g/mol. The second-order valence-corrected chi connectivity index (χ2v) is 5.16. The Labute approximate surface area is 119 Å². The number of unbranched alkanes of at least 4 members (excludes halogenated alkanes) is 1. The summed E-state index contributed by atoms with van der Waals surface area (Å²) in [7, 11) is 0. The first-order chi connectivity index (χ1) is 9.79. The highest BCUT2D eigenvalue weighted by Gasteiger charge is 2.11. The topological polar surface area (TPSA) is 59.4 Å². The number of nitrogens with zero attached hydrogens (tertiary/aromatic N) is 4. The van der Waals surface area contributed by atoms with Crippen LogP contribution in [0.5, 0.6) is 0 Å². The molecule has 0 bridgehead atoms. The lowest BCUT2D eigenvalue weighted by Gasteiger charge is -2.10. The van der Waals surface area contributed by atoms with Crippen molar-refractivity contribution in [2.45, 2.75) is 39.2 Å². The number of hydrogen-bond acceptors (Lipinski definition) is 3. The van der Waals surface area contributed by atoms with Crippen LogP contribution in [-0.4, -0.2) is 24.7 Å². The molecule has 3 aromatic heterocycles. The van der Waals surface area contributed by atoms with Crippen LogP contribution in [0.4, 0.5) is 0 Å². The maximum absolute atomic E-state index is 4.48. The van der Waals surface area contributed by atoms with Gasteiger partial charge in [0.1, 0.15) is 12.0 Å². The van der Waals surface area contributed by atoms with Crippen LogP contribution in [0.25, 0.3) is 22.3 Å². The van der Waals surface area contributed by atoms with E-state index >= 15 is 0 Å². The molecule has 0 aliphatic heterocycles. The van der Waals surface area contributed by atoms with Gasteiger partial charge >= 0.3 is 0 Å². The Balaban J connectivity index is 0.00000161. The maximum atomic E-state index is 4.48. The summed E-state index contributed by atoms with van der Waals surface area (Å²) in [4.78, 5) is 11.7. The quantitative estimate of drug-likeness (QED) is 0.767. The Morgan fingerprint density at radius 2 is 2.30 bits per heavy atom. The van der Waals surface area contributed by atoms with E-state index in [0.717, 1.165) is 28.7 Å². The van der Waals surface area contributed by atoms with E-state index in [4.69, 9.17) is 0 Å². The third-order valence-corrected chi connectivity index (χ3v) is 3.66. The van der Waals surface area contributed by atoms with E-state index in [9.17, 15) is 0 Å². The van der Waals surface area contributed by atoms with Crippen molar-refractivity contribution in [3.63, 3.8) is 0 Å². The lowest BCUT2D eigenvalue weighted by molar-refractivity contribution is 0.444. The van der Waals surface area contributed by atoms with Gasteiger partial charge in [-0.1, -0.05) is 19.8 Å². The van der Waals surface area contributed by atoms with Crippen molar-refractivity contribution in [2.24, 2.45) is 0 Å². The zero-order chi connectivity index (χ0) is 13.9. The van der Waals surface area contributed by atoms with Crippen molar-refractivity contribution in [3.8, 4) is 11.3 Å². The van der Waals surface area contributed by atoms with Crippen molar-refractivity contribution in [1.82, 2.24) is 24.7 Å². The van der Waals surface area contributed by atoms with Crippen LogP contribution in [0.3, 0.4) is 0 Å². The smallest absolute Gasteiger partial charge is 0.141 e. The molecule has 5 nitrogen and oxygen atoms in total. The molecule has 3 heterocycles. The van der Waals surface area contributed by atoms with Gasteiger partial charge in [-0.25, -0.2) is 9.97 Å². The highest BCUT2D eigenvalue weighted by atomic mass is 15.3. The Bertz CT molecular complexity index is 703. The Morgan fingerprint density at radius 1 is 1.40 bits per heavy atom. The van der Waals surface area contributed by atoms with E-state index < -0.39 is 0 Å². The Kier molecular flexibility index (Phi) is 3.50. The zero-order valence-electron chi connectivity index (χ0n) is 11.9. The Hall–Kier alpha value is -2.17. The highest BCUT2D eigenvalue weighted by Crippen LogP contribution is 2.25. The molecule has 0 radical (unpaired) electrons. The first-order valence-electron chi connectivity index (χ1n) is 7.12. The summed E-state index contributed by atoms with van der Waals surface area (Å²) in [5, 5.41) is 5.52. The lowest BCUT2D eigenvalue weighted by atomic mass is 10.1. The van der Waals surface area contributed by atoms with E-state index in [0.29, 0.717) is 6.04 Å². The van der Waals surface area contributed by atoms with Crippen LogP contribution in [0, 0.1) is 0 Å². The van der Waals surface area contributed by atoms with Gasteiger partial charge in [0.25, 0.3) is 0 Å². The number of aromatic nitrogens is 5. The summed E-state index contributed by atoms with van der Waals surface area (Å²) < 4.78 is 2.03. The molecule has 0 spiro atoms. The van der Waals surface area contributed by atoms with Crippen molar-refractivity contribution < 1.29 is 1.43 Å². The minimum absolute atomic E-state index is 0. The number of fused-ring (bicyclic) bond motifs is 1. The summed E-state index contributed by atoms with van der Waals surface area (Å²) in [6, 6.07) is 2.43. The van der Waals surface area contributed by atoms with Crippen LogP contribution in [0.2, 0.25) is 0 Å². The van der Waals surface area contributed by atoms with E-state index in [2.05, 4.69) is 40.1 Å². The normalized spacial score (nSPS) is 12.9. The van der Waals surface area contributed by atoms with Gasteiger partial charge < -0.3 is 4.98 Å². The van der Waals surface area contributed by atoms with Crippen molar-refractivity contribution in [3.05, 3.63) is 31.0 Å². The molecule has 5 heteroatoms. The number of nitrogens with one attached hydrogen (secondary N) is 1. The fraction of sp³-hybridized carbons (Fsp3) is 0.400. The van der Waals surface area contributed by atoms with Gasteiger partial charge in [0, 0.05) is 30.8 Å². The highest BCUT2D eigenvalue weighted by molar-refractivity contribution is 5.89. The summed E-state index contributed by atoms with van der Waals surface area (Å²) in [6.07, 6.45) is 11.0. The first-order valence-corrected chi connectivity index (χ1v) is 7.12. The second-order valence-electron chi connectivity index (χ2n) is 5.16. The van der Waals surface area contributed by atoms with Crippen LogP contribution in [0.15, 0.2) is 31.0 Å². The van der Waals surface area contributed by atoms with Crippen molar-refractivity contribution in [1.29, 1.82) is 0 Å². The predicted molar refractivity (Wildman–Crippen MR) is 81.5 cm³/mol. The molecule has 0 aliphatic carbocycles. The molecule has 0 amide bonds. The summed E-state index contributed by atoms with van der Waals surface area (Å²) >= 11 is 0. The number of H-pyrrole nitrogens is 1. The third-order valence-electron chi connectivity index (χ3n) is 3.66. The first kappa shape index (κ1) is 12.8. The Morgan fingerprint density at radius 3 is 3.15 bits per heavy atom. The van der Waals surface area contributed by atoms with Gasteiger partial charge in [-0.3, -0.25) is 4.68 Å². The molecule has 1 atom stereocenters. The van der Waals surface area contributed by atoms with E-state index in [1.54, 1.807) is 6.33 Å². The fourth-order valence-corrected chi connectivity index (χ4v) is 2.44. The number of rotatable bonds is 5. The predicted octanol–water partition coefficient (Wildman–Crippen LogP) is 3.82. The monoisotopic (exact) mass is 271 g/mol. The molecule has 1 unspecified atom stereocenters. The summed E-state index contributed by atoms with van der Waals surface area (Å²) in [5.41, 5.74) is 2.84. The standard InChI is InChI=1S/C15H19N5.H2/c1-3-4-5-11(2)20-9-12(8-19-20)14-13-6-7-16-15(13)18-10-17-14;/h6-11H,3-5H2,1-2H3,(H,16,17,18);1H. The second kappa shape index (κ2) is 5.45. The van der Waals surface area contributed by atoms with E-state index in [1.807, 2.05) is 23.1 Å². The minimum atomic E-state index is 0. The zero-order valence-corrected chi connectivity index (χ0v) is 11.9. The molecule has 0 aliphatic rings. The molecule has 0 saturated carbocycles. The van der Waals surface area contributed by atoms with Crippen molar-refractivity contribution in [2.75, 3.05) is 0 Å². The van der Waals surface area contributed by atoms with Crippen LogP contribution in [0.1, 0.15) is 40.6 Å². The van der Waals surface area contributed by atoms with Gasteiger partial charge in [-0.15, -0.1) is 0 Å². The van der Waals surface area contributed by atoms with Gasteiger partial charge in [0.05, 0.1) is 11.9 Å². The molecule has 1 N–H and O–H groups in total. The molecule has 0 saturated heterocycles. The van der Waals surface area contributed by atoms with Gasteiger partial charge in [-0.2, -0.15) is 5.10 Å². The molecule has 3 rings (SSSR count). The third kappa shape index (κ3) is 2.31. The molecule has 3 aromatic rings. The number of aromatic amines is 1. The van der Waals surface area contributed by atoms with Crippen LogP contribution < -0.4 is 0 Å². The lowest BCUT2D eigenvalue weighted by Crippen LogP contribution is -2.05.